The van der Waals surface area contributed by atoms with Gasteiger partial charge in [-0.25, -0.2) is 0 Å². The first-order chi connectivity index (χ1) is 10.1. The third kappa shape index (κ3) is 3.13. The number of aromatic hydroxyl groups is 1. The van der Waals surface area contributed by atoms with Crippen LogP contribution in [0.5, 0.6) is 11.5 Å². The number of phenols is 1. The fraction of sp³-hybridized carbons (Fsp3) is 0.333. The van der Waals surface area contributed by atoms with Crippen LogP contribution < -0.4 is 10.1 Å². The number of rotatable bonds is 3. The highest BCUT2D eigenvalue weighted by molar-refractivity contribution is 5.60. The lowest BCUT2D eigenvalue weighted by molar-refractivity contribution is 0.205. The van der Waals surface area contributed by atoms with Gasteiger partial charge in [-0.1, -0.05) is 38.1 Å². The summed E-state index contributed by atoms with van der Waals surface area (Å²) in [5.41, 5.74) is 3.57. The van der Waals surface area contributed by atoms with Gasteiger partial charge in [0.2, 0.25) is 0 Å². The van der Waals surface area contributed by atoms with Crippen LogP contribution in [0, 0.1) is 0 Å². The first-order valence-electron chi connectivity index (χ1n) is 7.44. The molecule has 1 aliphatic heterocycles. The van der Waals surface area contributed by atoms with E-state index >= 15 is 0 Å². The molecule has 0 aliphatic carbocycles. The molecule has 0 fully saturated rings. The summed E-state index contributed by atoms with van der Waals surface area (Å²) in [7, 11) is 0. The van der Waals surface area contributed by atoms with Crippen molar-refractivity contribution in [1.29, 1.82) is 0 Å². The smallest absolute Gasteiger partial charge is 0.146 e. The standard InChI is InChI=1S/C18H21NO2/c1-12(2)14-5-3-13(4-6-14)9-16-11-19-17-8-7-15(20)10-18(17)21-16/h3-8,10,12,16,19-20H,9,11H2,1-2H3. The van der Waals surface area contributed by atoms with Crippen LogP contribution >= 0.6 is 0 Å². The molecule has 3 heteroatoms. The van der Waals surface area contributed by atoms with E-state index in [2.05, 4.69) is 43.4 Å². The van der Waals surface area contributed by atoms with Crippen molar-refractivity contribution >= 4 is 5.69 Å². The third-order valence-corrected chi connectivity index (χ3v) is 3.89. The fourth-order valence-electron chi connectivity index (χ4n) is 2.61. The second-order valence-electron chi connectivity index (χ2n) is 5.90. The molecule has 1 aliphatic rings. The maximum atomic E-state index is 9.54. The summed E-state index contributed by atoms with van der Waals surface area (Å²) < 4.78 is 5.97. The quantitative estimate of drug-likeness (QED) is 0.839. The molecule has 1 atom stereocenters. The normalized spacial score (nSPS) is 17.0. The Bertz CT molecular complexity index is 620. The summed E-state index contributed by atoms with van der Waals surface area (Å²) in [5, 5.41) is 12.9. The van der Waals surface area contributed by atoms with E-state index in [9.17, 15) is 5.11 Å². The lowest BCUT2D eigenvalue weighted by atomic mass is 9.99. The number of benzene rings is 2. The Labute approximate surface area is 125 Å². The van der Waals surface area contributed by atoms with Crippen LogP contribution in [0.25, 0.3) is 0 Å². The van der Waals surface area contributed by atoms with Crippen LogP contribution in [-0.2, 0) is 6.42 Å². The van der Waals surface area contributed by atoms with Gasteiger partial charge in [-0.15, -0.1) is 0 Å². The van der Waals surface area contributed by atoms with Crippen molar-refractivity contribution in [3.63, 3.8) is 0 Å². The highest BCUT2D eigenvalue weighted by Crippen LogP contribution is 2.33. The molecular formula is C18H21NO2. The average Bonchev–Trinajstić information content (AvgIpc) is 2.47. The van der Waals surface area contributed by atoms with Crippen molar-refractivity contribution in [3.05, 3.63) is 53.6 Å². The fourth-order valence-corrected chi connectivity index (χ4v) is 2.61. The topological polar surface area (TPSA) is 41.5 Å². The van der Waals surface area contributed by atoms with Crippen molar-refractivity contribution in [2.24, 2.45) is 0 Å². The Kier molecular flexibility index (Phi) is 3.74. The summed E-state index contributed by atoms with van der Waals surface area (Å²) in [5.74, 6) is 1.52. The Morgan fingerprint density at radius 3 is 2.67 bits per heavy atom. The maximum Gasteiger partial charge on any atom is 0.146 e. The van der Waals surface area contributed by atoms with Gasteiger partial charge in [0.1, 0.15) is 17.6 Å². The summed E-state index contributed by atoms with van der Waals surface area (Å²) in [6, 6.07) is 13.9. The van der Waals surface area contributed by atoms with Gasteiger partial charge in [0.05, 0.1) is 12.2 Å². The molecule has 21 heavy (non-hydrogen) atoms. The van der Waals surface area contributed by atoms with Crippen molar-refractivity contribution in [2.45, 2.75) is 32.3 Å². The predicted molar refractivity (Wildman–Crippen MR) is 85.2 cm³/mol. The van der Waals surface area contributed by atoms with E-state index in [0.717, 1.165) is 24.4 Å². The molecule has 0 bridgehead atoms. The van der Waals surface area contributed by atoms with E-state index in [1.54, 1.807) is 12.1 Å². The Morgan fingerprint density at radius 2 is 1.95 bits per heavy atom. The molecule has 1 heterocycles. The summed E-state index contributed by atoms with van der Waals surface area (Å²) >= 11 is 0. The molecule has 3 nitrogen and oxygen atoms in total. The highest BCUT2D eigenvalue weighted by Gasteiger charge is 2.19. The van der Waals surface area contributed by atoms with Crippen molar-refractivity contribution in [2.75, 3.05) is 11.9 Å². The van der Waals surface area contributed by atoms with Crippen LogP contribution in [0.15, 0.2) is 42.5 Å². The van der Waals surface area contributed by atoms with Gasteiger partial charge in [0.15, 0.2) is 0 Å². The Balaban J connectivity index is 1.69. The molecule has 0 saturated heterocycles. The second kappa shape index (κ2) is 5.68. The minimum atomic E-state index is 0.0872. The minimum Gasteiger partial charge on any atom is -0.508 e. The van der Waals surface area contributed by atoms with E-state index in [0.29, 0.717) is 5.92 Å². The number of phenolic OH excluding ortho intramolecular Hbond substituents is 1. The van der Waals surface area contributed by atoms with E-state index < -0.39 is 0 Å². The number of fused-ring (bicyclic) bond motifs is 1. The molecule has 0 saturated carbocycles. The zero-order chi connectivity index (χ0) is 14.8. The summed E-state index contributed by atoms with van der Waals surface area (Å²) in [6.07, 6.45) is 0.949. The van der Waals surface area contributed by atoms with Crippen LogP contribution in [0.2, 0.25) is 0 Å². The molecule has 3 rings (SSSR count). The number of anilines is 1. The molecule has 2 aromatic carbocycles. The van der Waals surface area contributed by atoms with E-state index in [1.807, 2.05) is 6.07 Å². The van der Waals surface area contributed by atoms with Gasteiger partial charge in [0.25, 0.3) is 0 Å². The number of hydrogen-bond donors (Lipinski definition) is 2. The molecule has 0 aromatic heterocycles. The van der Waals surface area contributed by atoms with Crippen molar-refractivity contribution in [3.8, 4) is 11.5 Å². The van der Waals surface area contributed by atoms with Gasteiger partial charge in [-0.05, 0) is 29.2 Å². The maximum absolute atomic E-state index is 9.54. The second-order valence-corrected chi connectivity index (χ2v) is 5.90. The molecule has 1 unspecified atom stereocenters. The molecule has 0 amide bonds. The van der Waals surface area contributed by atoms with E-state index in [-0.39, 0.29) is 11.9 Å². The Hall–Kier alpha value is -2.16. The van der Waals surface area contributed by atoms with E-state index in [4.69, 9.17) is 4.74 Å². The number of nitrogens with one attached hydrogen (secondary N) is 1. The summed E-state index contributed by atoms with van der Waals surface area (Å²) in [6.45, 7) is 5.18. The Morgan fingerprint density at radius 1 is 1.19 bits per heavy atom. The highest BCUT2D eigenvalue weighted by atomic mass is 16.5. The average molecular weight is 283 g/mol. The third-order valence-electron chi connectivity index (χ3n) is 3.89. The van der Waals surface area contributed by atoms with Crippen LogP contribution in [0.1, 0.15) is 30.9 Å². The SMILES string of the molecule is CC(C)c1ccc(CC2CNc3ccc(O)cc3O2)cc1. The van der Waals surface area contributed by atoms with Crippen LogP contribution in [-0.4, -0.2) is 17.8 Å². The van der Waals surface area contributed by atoms with Crippen LogP contribution in [0.4, 0.5) is 5.69 Å². The molecule has 2 aromatic rings. The van der Waals surface area contributed by atoms with E-state index in [1.165, 1.54) is 11.1 Å². The zero-order valence-corrected chi connectivity index (χ0v) is 12.5. The lowest BCUT2D eigenvalue weighted by Gasteiger charge is -2.27. The minimum absolute atomic E-state index is 0.0872. The first kappa shape index (κ1) is 13.8. The molecular weight excluding hydrogens is 262 g/mol. The predicted octanol–water partition coefficient (Wildman–Crippen LogP) is 3.93. The molecule has 0 radical (unpaired) electrons. The van der Waals surface area contributed by atoms with Crippen molar-refractivity contribution < 1.29 is 9.84 Å². The molecule has 110 valence electrons. The van der Waals surface area contributed by atoms with Crippen LogP contribution in [0.3, 0.4) is 0 Å². The monoisotopic (exact) mass is 283 g/mol. The van der Waals surface area contributed by atoms with Gasteiger partial charge < -0.3 is 15.2 Å². The first-order valence-corrected chi connectivity index (χ1v) is 7.44. The van der Waals surface area contributed by atoms with Gasteiger partial charge in [-0.2, -0.15) is 0 Å². The number of hydrogen-bond acceptors (Lipinski definition) is 3. The number of ether oxygens (including phenoxy) is 1. The largest absolute Gasteiger partial charge is 0.508 e. The summed E-state index contributed by atoms with van der Waals surface area (Å²) in [4.78, 5) is 0. The zero-order valence-electron chi connectivity index (χ0n) is 12.5. The van der Waals surface area contributed by atoms with Gasteiger partial charge >= 0.3 is 0 Å². The lowest BCUT2D eigenvalue weighted by Crippen LogP contribution is -2.32. The van der Waals surface area contributed by atoms with Gasteiger partial charge in [0, 0.05) is 12.5 Å². The molecule has 2 N–H and O–H groups in total. The molecule has 0 spiro atoms. The van der Waals surface area contributed by atoms with Gasteiger partial charge in [-0.3, -0.25) is 0 Å². The van der Waals surface area contributed by atoms with Crippen molar-refractivity contribution in [1.82, 2.24) is 0 Å².